The number of hydrogen-bond donors (Lipinski definition) is 1. The van der Waals surface area contributed by atoms with Crippen molar-refractivity contribution < 1.29 is 14.3 Å². The lowest BCUT2D eigenvalue weighted by Gasteiger charge is -2.36. The molecule has 1 aliphatic carbocycles. The molecule has 1 saturated carbocycles. The van der Waals surface area contributed by atoms with Gasteiger partial charge in [0.2, 0.25) is 11.8 Å². The molecule has 1 atom stereocenters. The zero-order valence-corrected chi connectivity index (χ0v) is 15.0. The molecule has 1 N–H and O–H groups in total. The van der Waals surface area contributed by atoms with E-state index in [4.69, 9.17) is 4.74 Å². The summed E-state index contributed by atoms with van der Waals surface area (Å²) in [6, 6.07) is 8.27. The van der Waals surface area contributed by atoms with E-state index in [9.17, 15) is 9.59 Å². The number of ether oxygens (including phenoxy) is 1. The van der Waals surface area contributed by atoms with Crippen LogP contribution in [-0.4, -0.2) is 43.0 Å². The molecule has 2 amide bonds. The molecule has 5 heteroatoms. The van der Waals surface area contributed by atoms with Gasteiger partial charge < -0.3 is 15.0 Å². The van der Waals surface area contributed by atoms with E-state index in [0.717, 1.165) is 25.0 Å². The molecule has 2 aliphatic rings. The topological polar surface area (TPSA) is 58.6 Å². The van der Waals surface area contributed by atoms with Crippen molar-refractivity contribution in [3.05, 3.63) is 29.8 Å². The van der Waals surface area contributed by atoms with Crippen molar-refractivity contribution in [3.63, 3.8) is 0 Å². The van der Waals surface area contributed by atoms with Gasteiger partial charge in [0.1, 0.15) is 5.75 Å². The monoisotopic (exact) mass is 344 g/mol. The average Bonchev–Trinajstić information content (AvgIpc) is 3.17. The van der Waals surface area contributed by atoms with Crippen LogP contribution in [0.15, 0.2) is 24.3 Å². The molecule has 0 spiro atoms. The first kappa shape index (κ1) is 17.8. The molecular formula is C20H28N2O3. The van der Waals surface area contributed by atoms with Crippen LogP contribution in [-0.2, 0) is 16.0 Å². The van der Waals surface area contributed by atoms with Gasteiger partial charge in [0.05, 0.1) is 13.0 Å². The number of nitrogens with one attached hydrogen (secondary N) is 1. The summed E-state index contributed by atoms with van der Waals surface area (Å²) in [6.45, 7) is 1.22. The molecule has 1 aromatic carbocycles. The number of methoxy groups -OCH3 is 1. The summed E-state index contributed by atoms with van der Waals surface area (Å²) in [6.07, 6.45) is 6.58. The number of likely N-dealkylation sites (tertiary alicyclic amines) is 1. The van der Waals surface area contributed by atoms with Gasteiger partial charge in [0.15, 0.2) is 0 Å². The van der Waals surface area contributed by atoms with Crippen molar-refractivity contribution in [2.24, 2.45) is 5.92 Å². The van der Waals surface area contributed by atoms with Gasteiger partial charge in [-0.2, -0.15) is 0 Å². The van der Waals surface area contributed by atoms with E-state index in [1.807, 2.05) is 29.2 Å². The molecule has 1 saturated heterocycles. The fourth-order valence-electron chi connectivity index (χ4n) is 3.92. The van der Waals surface area contributed by atoms with Gasteiger partial charge in [-0.3, -0.25) is 9.59 Å². The molecule has 2 fully saturated rings. The van der Waals surface area contributed by atoms with Crippen molar-refractivity contribution in [1.29, 1.82) is 0 Å². The van der Waals surface area contributed by atoms with Gasteiger partial charge >= 0.3 is 0 Å². The van der Waals surface area contributed by atoms with E-state index in [1.54, 1.807) is 7.11 Å². The highest BCUT2D eigenvalue weighted by Crippen LogP contribution is 2.28. The fourth-order valence-corrected chi connectivity index (χ4v) is 3.92. The van der Waals surface area contributed by atoms with Gasteiger partial charge in [0.25, 0.3) is 0 Å². The third-order valence-electron chi connectivity index (χ3n) is 5.45. The van der Waals surface area contributed by atoms with Crippen molar-refractivity contribution in [1.82, 2.24) is 10.2 Å². The van der Waals surface area contributed by atoms with E-state index in [0.29, 0.717) is 32.0 Å². The maximum Gasteiger partial charge on any atom is 0.224 e. The summed E-state index contributed by atoms with van der Waals surface area (Å²) in [7, 11) is 1.65. The smallest absolute Gasteiger partial charge is 0.224 e. The second-order valence-corrected chi connectivity index (χ2v) is 7.11. The van der Waals surface area contributed by atoms with Gasteiger partial charge in [-0.05, 0) is 43.4 Å². The SMILES string of the molecule is COc1ccc(CCNC(=O)[C@H]2CCC(=O)N(C3CCCC3)C2)cc1. The summed E-state index contributed by atoms with van der Waals surface area (Å²) in [5.74, 6) is 1.10. The zero-order valence-electron chi connectivity index (χ0n) is 15.0. The fraction of sp³-hybridized carbons (Fsp3) is 0.600. The molecule has 0 bridgehead atoms. The van der Waals surface area contributed by atoms with Gasteiger partial charge in [0, 0.05) is 25.6 Å². The minimum Gasteiger partial charge on any atom is -0.497 e. The number of piperidine rings is 1. The third-order valence-corrected chi connectivity index (χ3v) is 5.45. The molecule has 3 rings (SSSR count). The predicted octanol–water partition coefficient (Wildman–Crippen LogP) is 2.54. The standard InChI is InChI=1S/C20H28N2O3/c1-25-18-9-6-15(7-10-18)12-13-21-20(24)16-8-11-19(23)22(14-16)17-4-2-3-5-17/h6-7,9-10,16-17H,2-5,8,11-14H2,1H3,(H,21,24)/t16-/m0/s1. The minimum absolute atomic E-state index is 0.0610. The Labute approximate surface area is 149 Å². The number of carbonyl (C=O) groups is 2. The van der Waals surface area contributed by atoms with Crippen LogP contribution in [0.1, 0.15) is 44.1 Å². The summed E-state index contributed by atoms with van der Waals surface area (Å²) in [4.78, 5) is 26.6. The van der Waals surface area contributed by atoms with E-state index in [-0.39, 0.29) is 17.7 Å². The Bertz CT molecular complexity index is 593. The Hall–Kier alpha value is -2.04. The highest BCUT2D eigenvalue weighted by molar-refractivity contribution is 5.84. The van der Waals surface area contributed by atoms with Crippen LogP contribution in [0, 0.1) is 5.92 Å². The van der Waals surface area contributed by atoms with Crippen LogP contribution in [0.3, 0.4) is 0 Å². The molecule has 136 valence electrons. The molecular weight excluding hydrogens is 316 g/mol. The van der Waals surface area contributed by atoms with E-state index in [1.165, 1.54) is 18.4 Å². The largest absolute Gasteiger partial charge is 0.497 e. The highest BCUT2D eigenvalue weighted by atomic mass is 16.5. The third kappa shape index (κ3) is 4.53. The van der Waals surface area contributed by atoms with Crippen LogP contribution in [0.2, 0.25) is 0 Å². The second kappa shape index (κ2) is 8.37. The van der Waals surface area contributed by atoms with Crippen LogP contribution in [0.25, 0.3) is 0 Å². The van der Waals surface area contributed by atoms with Crippen molar-refractivity contribution in [2.45, 2.75) is 51.0 Å². The number of amides is 2. The molecule has 5 nitrogen and oxygen atoms in total. The zero-order chi connectivity index (χ0) is 17.6. The lowest BCUT2D eigenvalue weighted by molar-refractivity contribution is -0.140. The molecule has 0 unspecified atom stereocenters. The Morgan fingerprint density at radius 2 is 1.92 bits per heavy atom. The number of carbonyl (C=O) groups excluding carboxylic acids is 2. The summed E-state index contributed by atoms with van der Waals surface area (Å²) in [5.41, 5.74) is 1.17. The molecule has 1 heterocycles. The molecule has 25 heavy (non-hydrogen) atoms. The van der Waals surface area contributed by atoms with E-state index in [2.05, 4.69) is 5.32 Å². The number of hydrogen-bond acceptors (Lipinski definition) is 3. The maximum atomic E-state index is 12.5. The summed E-state index contributed by atoms with van der Waals surface area (Å²) >= 11 is 0. The Morgan fingerprint density at radius 1 is 1.20 bits per heavy atom. The number of nitrogens with zero attached hydrogens (tertiary/aromatic N) is 1. The normalized spacial score (nSPS) is 21.4. The average molecular weight is 344 g/mol. The highest BCUT2D eigenvalue weighted by Gasteiger charge is 2.34. The Morgan fingerprint density at radius 3 is 2.60 bits per heavy atom. The maximum absolute atomic E-state index is 12.5. The quantitative estimate of drug-likeness (QED) is 0.863. The van der Waals surface area contributed by atoms with Crippen molar-refractivity contribution >= 4 is 11.8 Å². The summed E-state index contributed by atoms with van der Waals surface area (Å²) < 4.78 is 5.15. The van der Waals surface area contributed by atoms with Gasteiger partial charge in [-0.1, -0.05) is 25.0 Å². The first-order valence-electron chi connectivity index (χ1n) is 9.37. The van der Waals surface area contributed by atoms with E-state index >= 15 is 0 Å². The first-order chi connectivity index (χ1) is 12.2. The Kier molecular flexibility index (Phi) is 5.95. The molecule has 1 aromatic rings. The number of rotatable bonds is 6. The molecule has 0 radical (unpaired) electrons. The first-order valence-corrected chi connectivity index (χ1v) is 9.37. The van der Waals surface area contributed by atoms with Crippen LogP contribution in [0.4, 0.5) is 0 Å². The van der Waals surface area contributed by atoms with Gasteiger partial charge in [-0.15, -0.1) is 0 Å². The Balaban J connectivity index is 1.46. The van der Waals surface area contributed by atoms with Crippen LogP contribution >= 0.6 is 0 Å². The molecule has 1 aliphatic heterocycles. The second-order valence-electron chi connectivity index (χ2n) is 7.11. The van der Waals surface area contributed by atoms with Gasteiger partial charge in [-0.25, -0.2) is 0 Å². The number of benzene rings is 1. The summed E-state index contributed by atoms with van der Waals surface area (Å²) in [5, 5.41) is 3.05. The minimum atomic E-state index is -0.0610. The van der Waals surface area contributed by atoms with Crippen molar-refractivity contribution in [2.75, 3.05) is 20.2 Å². The van der Waals surface area contributed by atoms with Crippen LogP contribution < -0.4 is 10.1 Å². The lowest BCUT2D eigenvalue weighted by Crippen LogP contribution is -2.49. The lowest BCUT2D eigenvalue weighted by atomic mass is 9.95. The predicted molar refractivity (Wildman–Crippen MR) is 96.4 cm³/mol. The molecule has 0 aromatic heterocycles. The van der Waals surface area contributed by atoms with Crippen LogP contribution in [0.5, 0.6) is 5.75 Å². The van der Waals surface area contributed by atoms with E-state index < -0.39 is 0 Å². The van der Waals surface area contributed by atoms with Crippen molar-refractivity contribution in [3.8, 4) is 5.75 Å².